The lowest BCUT2D eigenvalue weighted by Gasteiger charge is -2.30. The summed E-state index contributed by atoms with van der Waals surface area (Å²) in [6.07, 6.45) is 7.35. The van der Waals surface area contributed by atoms with Crippen LogP contribution in [0.2, 0.25) is 0 Å². The van der Waals surface area contributed by atoms with Crippen LogP contribution in [0.5, 0.6) is 0 Å². The van der Waals surface area contributed by atoms with E-state index in [0.717, 1.165) is 54.1 Å². The molecule has 0 aromatic carbocycles. The van der Waals surface area contributed by atoms with Crippen LogP contribution in [0.1, 0.15) is 58.4 Å². The van der Waals surface area contributed by atoms with Crippen molar-refractivity contribution in [3.63, 3.8) is 0 Å². The third kappa shape index (κ3) is 4.13. The van der Waals surface area contributed by atoms with E-state index < -0.39 is 0 Å². The molecule has 0 bridgehead atoms. The number of nitrogens with zero attached hydrogens (tertiary/aromatic N) is 2. The molecule has 4 nitrogen and oxygen atoms in total. The average Bonchev–Trinajstić information content (AvgIpc) is 3.21. The van der Waals surface area contributed by atoms with Gasteiger partial charge in [-0.3, -0.25) is 15.0 Å². The van der Waals surface area contributed by atoms with Gasteiger partial charge in [0.1, 0.15) is 0 Å². The van der Waals surface area contributed by atoms with Crippen molar-refractivity contribution >= 4 is 33.7 Å². The molecule has 0 saturated carbocycles. The van der Waals surface area contributed by atoms with E-state index in [1.165, 1.54) is 47.5 Å². The highest BCUT2D eigenvalue weighted by molar-refractivity contribution is 7.15. The van der Waals surface area contributed by atoms with Crippen molar-refractivity contribution in [2.45, 2.75) is 52.0 Å². The highest BCUT2D eigenvalue weighted by atomic mass is 32.1. The number of piperidine rings is 1. The quantitative estimate of drug-likeness (QED) is 0.851. The SMILES string of the molecule is CC1CCCN(Cc2csc(NC(=O)c3cc4c(s3)CCCC4)n2)C1. The third-order valence-electron chi connectivity index (χ3n) is 5.12. The van der Waals surface area contributed by atoms with E-state index in [2.05, 4.69) is 33.6 Å². The highest BCUT2D eigenvalue weighted by Crippen LogP contribution is 2.30. The smallest absolute Gasteiger partial charge is 0.267 e. The van der Waals surface area contributed by atoms with Gasteiger partial charge in [-0.25, -0.2) is 4.98 Å². The van der Waals surface area contributed by atoms with Gasteiger partial charge in [0.15, 0.2) is 5.13 Å². The van der Waals surface area contributed by atoms with Crippen LogP contribution in [0, 0.1) is 5.92 Å². The summed E-state index contributed by atoms with van der Waals surface area (Å²) in [5.74, 6) is 0.767. The van der Waals surface area contributed by atoms with Crippen LogP contribution in [-0.2, 0) is 19.4 Å². The van der Waals surface area contributed by atoms with Crippen molar-refractivity contribution in [3.05, 3.63) is 32.5 Å². The summed E-state index contributed by atoms with van der Waals surface area (Å²) in [5, 5.41) is 5.79. The summed E-state index contributed by atoms with van der Waals surface area (Å²) in [6, 6.07) is 2.08. The van der Waals surface area contributed by atoms with Gasteiger partial charge in [-0.15, -0.1) is 22.7 Å². The second-order valence-electron chi connectivity index (χ2n) is 7.35. The summed E-state index contributed by atoms with van der Waals surface area (Å²) in [6.45, 7) is 5.52. The van der Waals surface area contributed by atoms with Crippen molar-refractivity contribution < 1.29 is 4.79 Å². The van der Waals surface area contributed by atoms with Gasteiger partial charge >= 0.3 is 0 Å². The molecule has 2 aliphatic rings. The minimum absolute atomic E-state index is 0.00750. The summed E-state index contributed by atoms with van der Waals surface area (Å²) < 4.78 is 0. The molecule has 2 aromatic heterocycles. The van der Waals surface area contributed by atoms with Gasteiger partial charge in [-0.05, 0) is 62.6 Å². The molecular formula is C19H25N3OS2. The Morgan fingerprint density at radius 3 is 3.08 bits per heavy atom. The maximum atomic E-state index is 12.5. The number of fused-ring (bicyclic) bond motifs is 1. The van der Waals surface area contributed by atoms with E-state index in [4.69, 9.17) is 0 Å². The lowest BCUT2D eigenvalue weighted by molar-refractivity contribution is 0.103. The summed E-state index contributed by atoms with van der Waals surface area (Å²) in [4.78, 5) is 21.9. The molecule has 134 valence electrons. The Labute approximate surface area is 157 Å². The zero-order valence-corrected chi connectivity index (χ0v) is 16.3. The van der Waals surface area contributed by atoms with E-state index >= 15 is 0 Å². The minimum Gasteiger partial charge on any atom is -0.297 e. The van der Waals surface area contributed by atoms with Crippen LogP contribution in [0.15, 0.2) is 11.4 Å². The van der Waals surface area contributed by atoms with Crippen LogP contribution >= 0.6 is 22.7 Å². The van der Waals surface area contributed by atoms with Gasteiger partial charge in [-0.2, -0.15) is 0 Å². The van der Waals surface area contributed by atoms with Crippen molar-refractivity contribution in [1.82, 2.24) is 9.88 Å². The maximum absolute atomic E-state index is 12.5. The summed E-state index contributed by atoms with van der Waals surface area (Å²) in [5.41, 5.74) is 2.44. The number of thiophene rings is 1. The number of aryl methyl sites for hydroxylation is 2. The molecular weight excluding hydrogens is 350 g/mol. The van der Waals surface area contributed by atoms with Gasteiger partial charge in [0.05, 0.1) is 10.6 Å². The predicted octanol–water partition coefficient (Wildman–Crippen LogP) is 4.57. The molecule has 1 aliphatic heterocycles. The molecule has 1 amide bonds. The first-order valence-corrected chi connectivity index (χ1v) is 11.0. The fourth-order valence-electron chi connectivity index (χ4n) is 3.86. The lowest BCUT2D eigenvalue weighted by atomic mass is 9.99. The Morgan fingerprint density at radius 2 is 2.24 bits per heavy atom. The number of carbonyl (C=O) groups is 1. The van der Waals surface area contributed by atoms with Gasteiger partial charge in [0, 0.05) is 23.3 Å². The molecule has 0 radical (unpaired) electrons. The van der Waals surface area contributed by atoms with Crippen LogP contribution in [0.3, 0.4) is 0 Å². The van der Waals surface area contributed by atoms with Gasteiger partial charge in [0.25, 0.3) is 5.91 Å². The Hall–Kier alpha value is -1.24. The Balaban J connectivity index is 1.37. The molecule has 25 heavy (non-hydrogen) atoms. The Kier molecular flexibility index (Phi) is 5.20. The number of nitrogens with one attached hydrogen (secondary N) is 1. The predicted molar refractivity (Wildman–Crippen MR) is 105 cm³/mol. The normalized spacial score (nSPS) is 21.1. The Bertz CT molecular complexity index is 728. The van der Waals surface area contributed by atoms with Crippen LogP contribution in [0.25, 0.3) is 0 Å². The van der Waals surface area contributed by atoms with Crippen molar-refractivity contribution in [3.8, 4) is 0 Å². The largest absolute Gasteiger partial charge is 0.297 e. The monoisotopic (exact) mass is 375 g/mol. The second kappa shape index (κ2) is 7.56. The fraction of sp³-hybridized carbons (Fsp3) is 0.579. The molecule has 1 atom stereocenters. The maximum Gasteiger partial charge on any atom is 0.267 e. The van der Waals surface area contributed by atoms with Crippen LogP contribution in [0.4, 0.5) is 5.13 Å². The van der Waals surface area contributed by atoms with E-state index in [-0.39, 0.29) is 5.91 Å². The van der Waals surface area contributed by atoms with Crippen molar-refractivity contribution in [1.29, 1.82) is 0 Å². The number of amides is 1. The topological polar surface area (TPSA) is 45.2 Å². The number of carbonyl (C=O) groups excluding carboxylic acids is 1. The number of hydrogen-bond donors (Lipinski definition) is 1. The van der Waals surface area contributed by atoms with Gasteiger partial charge in [-0.1, -0.05) is 6.92 Å². The lowest BCUT2D eigenvalue weighted by Crippen LogP contribution is -2.33. The number of thiazole rings is 1. The molecule has 1 saturated heterocycles. The second-order valence-corrected chi connectivity index (χ2v) is 9.34. The first-order valence-electron chi connectivity index (χ1n) is 9.27. The number of rotatable bonds is 4. The molecule has 1 N–H and O–H groups in total. The highest BCUT2D eigenvalue weighted by Gasteiger charge is 2.19. The molecule has 0 spiro atoms. The standard InChI is InChI=1S/C19H25N3OS2/c1-13-5-4-8-22(10-13)11-15-12-24-19(20-15)21-18(23)17-9-14-6-2-3-7-16(14)25-17/h9,12-13H,2-8,10-11H2,1H3,(H,20,21,23). The van der Waals surface area contributed by atoms with E-state index in [1.807, 2.05) is 0 Å². The van der Waals surface area contributed by atoms with Gasteiger partial charge in [0.2, 0.25) is 0 Å². The summed E-state index contributed by atoms with van der Waals surface area (Å²) in [7, 11) is 0. The van der Waals surface area contributed by atoms with Crippen molar-refractivity contribution in [2.24, 2.45) is 5.92 Å². The molecule has 2 aromatic rings. The first-order chi connectivity index (χ1) is 12.2. The first kappa shape index (κ1) is 17.2. The zero-order chi connectivity index (χ0) is 17.2. The molecule has 1 aliphatic carbocycles. The molecule has 6 heteroatoms. The molecule has 1 unspecified atom stereocenters. The van der Waals surface area contributed by atoms with Crippen LogP contribution in [-0.4, -0.2) is 28.9 Å². The number of aromatic nitrogens is 1. The fourth-order valence-corrected chi connectivity index (χ4v) is 5.70. The third-order valence-corrected chi connectivity index (χ3v) is 7.16. The van der Waals surface area contributed by atoms with E-state index in [0.29, 0.717) is 0 Å². The summed E-state index contributed by atoms with van der Waals surface area (Å²) >= 11 is 3.19. The minimum atomic E-state index is -0.00750. The average molecular weight is 376 g/mol. The van der Waals surface area contributed by atoms with Crippen molar-refractivity contribution in [2.75, 3.05) is 18.4 Å². The number of anilines is 1. The van der Waals surface area contributed by atoms with Crippen LogP contribution < -0.4 is 5.32 Å². The molecule has 1 fully saturated rings. The van der Waals surface area contributed by atoms with E-state index in [9.17, 15) is 4.79 Å². The zero-order valence-electron chi connectivity index (χ0n) is 14.7. The molecule has 4 rings (SSSR count). The van der Waals surface area contributed by atoms with Gasteiger partial charge < -0.3 is 0 Å². The number of likely N-dealkylation sites (tertiary alicyclic amines) is 1. The Morgan fingerprint density at radius 1 is 1.36 bits per heavy atom. The number of hydrogen-bond acceptors (Lipinski definition) is 5. The molecule has 3 heterocycles. The van der Waals surface area contributed by atoms with E-state index in [1.54, 1.807) is 11.3 Å².